The Kier molecular flexibility index (Phi) is 5.58. The number of amides is 1. The molecule has 1 amide bonds. The van der Waals surface area contributed by atoms with Gasteiger partial charge >= 0.3 is 5.97 Å². The van der Waals surface area contributed by atoms with E-state index >= 15 is 0 Å². The standard InChI is InChI=1S/C15H15NO6S2/c1-21-11-6-4-3-5-10(11)9-13(17)16-24(19,20)12-7-8-23-14(12)15(18)22-2/h3-8H,9H2,1-2H3,(H,16,17). The van der Waals surface area contributed by atoms with Crippen molar-refractivity contribution in [2.45, 2.75) is 11.3 Å². The average Bonchev–Trinajstić information content (AvgIpc) is 3.04. The van der Waals surface area contributed by atoms with Crippen LogP contribution >= 0.6 is 11.3 Å². The minimum Gasteiger partial charge on any atom is -0.496 e. The Hall–Kier alpha value is -2.39. The minimum absolute atomic E-state index is 0.0879. The summed E-state index contributed by atoms with van der Waals surface area (Å²) in [6, 6.07) is 8.04. The molecule has 1 heterocycles. The second-order valence-corrected chi connectivity index (χ2v) is 7.19. The van der Waals surface area contributed by atoms with Gasteiger partial charge in [0.1, 0.15) is 15.5 Å². The van der Waals surface area contributed by atoms with E-state index < -0.39 is 21.9 Å². The Morgan fingerprint density at radius 3 is 2.54 bits per heavy atom. The van der Waals surface area contributed by atoms with Gasteiger partial charge in [-0.3, -0.25) is 4.79 Å². The van der Waals surface area contributed by atoms with Crippen LogP contribution in [-0.4, -0.2) is 34.5 Å². The maximum Gasteiger partial charge on any atom is 0.349 e. The van der Waals surface area contributed by atoms with Crippen molar-refractivity contribution in [3.05, 3.63) is 46.2 Å². The molecule has 0 aliphatic rings. The summed E-state index contributed by atoms with van der Waals surface area (Å²) < 4.78 is 36.3. The molecule has 0 unspecified atom stereocenters. The van der Waals surface area contributed by atoms with Crippen LogP contribution in [0.4, 0.5) is 0 Å². The number of carbonyl (C=O) groups excluding carboxylic acids is 2. The number of rotatable bonds is 6. The van der Waals surface area contributed by atoms with Crippen molar-refractivity contribution in [1.82, 2.24) is 4.72 Å². The first-order valence-corrected chi connectivity index (χ1v) is 9.08. The molecule has 0 spiro atoms. The predicted molar refractivity (Wildman–Crippen MR) is 87.7 cm³/mol. The zero-order valence-electron chi connectivity index (χ0n) is 12.9. The molecule has 0 radical (unpaired) electrons. The lowest BCUT2D eigenvalue weighted by Crippen LogP contribution is -2.32. The number of nitrogens with one attached hydrogen (secondary N) is 1. The molecule has 128 valence electrons. The van der Waals surface area contributed by atoms with Crippen LogP contribution in [0.1, 0.15) is 15.2 Å². The van der Waals surface area contributed by atoms with Crippen molar-refractivity contribution in [3.63, 3.8) is 0 Å². The number of ether oxygens (including phenoxy) is 2. The molecule has 0 saturated carbocycles. The van der Waals surface area contributed by atoms with E-state index in [0.717, 1.165) is 18.4 Å². The molecule has 0 aliphatic heterocycles. The Labute approximate surface area is 143 Å². The third-order valence-corrected chi connectivity index (χ3v) is 5.52. The summed E-state index contributed by atoms with van der Waals surface area (Å²) in [4.78, 5) is 23.3. The molecule has 1 aromatic heterocycles. The highest BCUT2D eigenvalue weighted by atomic mass is 32.2. The van der Waals surface area contributed by atoms with Crippen LogP contribution in [0, 0.1) is 0 Å². The van der Waals surface area contributed by atoms with Crippen molar-refractivity contribution < 1.29 is 27.5 Å². The van der Waals surface area contributed by atoms with Crippen LogP contribution in [0.2, 0.25) is 0 Å². The second kappa shape index (κ2) is 7.45. The number of thiophene rings is 1. The summed E-state index contributed by atoms with van der Waals surface area (Å²) in [7, 11) is -1.56. The largest absolute Gasteiger partial charge is 0.496 e. The van der Waals surface area contributed by atoms with Gasteiger partial charge in [0.15, 0.2) is 0 Å². The monoisotopic (exact) mass is 369 g/mol. The lowest BCUT2D eigenvalue weighted by molar-refractivity contribution is -0.118. The fourth-order valence-corrected chi connectivity index (χ4v) is 4.33. The lowest BCUT2D eigenvalue weighted by Gasteiger charge is -2.09. The van der Waals surface area contributed by atoms with Gasteiger partial charge in [-0.1, -0.05) is 18.2 Å². The molecule has 0 fully saturated rings. The van der Waals surface area contributed by atoms with Gasteiger partial charge in [-0.2, -0.15) is 0 Å². The van der Waals surface area contributed by atoms with Gasteiger partial charge in [-0.25, -0.2) is 17.9 Å². The Balaban J connectivity index is 2.19. The number of carbonyl (C=O) groups is 2. The first kappa shape index (κ1) is 18.0. The number of hydrogen-bond donors (Lipinski definition) is 1. The SMILES string of the molecule is COC(=O)c1sccc1S(=O)(=O)NC(=O)Cc1ccccc1OC. The van der Waals surface area contributed by atoms with Crippen LogP contribution in [0.15, 0.2) is 40.6 Å². The van der Waals surface area contributed by atoms with Gasteiger partial charge in [0, 0.05) is 5.56 Å². The maximum absolute atomic E-state index is 12.3. The Morgan fingerprint density at radius 2 is 1.88 bits per heavy atom. The van der Waals surface area contributed by atoms with Gasteiger partial charge < -0.3 is 9.47 Å². The maximum atomic E-state index is 12.3. The number of para-hydroxylation sites is 1. The number of methoxy groups -OCH3 is 2. The number of sulfonamides is 1. The summed E-state index contributed by atoms with van der Waals surface area (Å²) >= 11 is 0.921. The molecule has 2 aromatic rings. The van der Waals surface area contributed by atoms with Crippen molar-refractivity contribution in [2.75, 3.05) is 14.2 Å². The predicted octanol–water partition coefficient (Wildman–Crippen LogP) is 1.59. The lowest BCUT2D eigenvalue weighted by atomic mass is 10.1. The average molecular weight is 369 g/mol. The van der Waals surface area contributed by atoms with Gasteiger partial charge in [0.2, 0.25) is 5.91 Å². The molecular weight excluding hydrogens is 354 g/mol. The van der Waals surface area contributed by atoms with Crippen molar-refractivity contribution in [2.24, 2.45) is 0 Å². The Bertz CT molecular complexity index is 856. The molecule has 24 heavy (non-hydrogen) atoms. The number of benzene rings is 1. The highest BCUT2D eigenvalue weighted by molar-refractivity contribution is 7.90. The fraction of sp³-hybridized carbons (Fsp3) is 0.200. The van der Waals surface area contributed by atoms with E-state index in [2.05, 4.69) is 4.74 Å². The first-order valence-electron chi connectivity index (χ1n) is 6.72. The topological polar surface area (TPSA) is 98.8 Å². The second-order valence-electron chi connectivity index (χ2n) is 4.62. The van der Waals surface area contributed by atoms with Gasteiger partial charge in [0.25, 0.3) is 10.0 Å². The third-order valence-electron chi connectivity index (χ3n) is 3.08. The minimum atomic E-state index is -4.17. The first-order chi connectivity index (χ1) is 11.4. The highest BCUT2D eigenvalue weighted by Gasteiger charge is 2.26. The number of esters is 1. The van der Waals surface area contributed by atoms with E-state index in [-0.39, 0.29) is 16.2 Å². The van der Waals surface area contributed by atoms with Crippen LogP contribution in [-0.2, 0) is 26.0 Å². The fourth-order valence-electron chi connectivity index (χ4n) is 2.01. The summed E-state index contributed by atoms with van der Waals surface area (Å²) in [6.07, 6.45) is -0.180. The smallest absolute Gasteiger partial charge is 0.349 e. The molecule has 9 heteroatoms. The normalized spacial score (nSPS) is 10.9. The molecule has 0 bridgehead atoms. The van der Waals surface area contributed by atoms with E-state index in [1.54, 1.807) is 24.3 Å². The summed E-state index contributed by atoms with van der Waals surface area (Å²) in [5.74, 6) is -1.03. The number of hydrogen-bond acceptors (Lipinski definition) is 7. The van der Waals surface area contributed by atoms with Gasteiger partial charge in [-0.15, -0.1) is 11.3 Å². The molecule has 0 atom stereocenters. The van der Waals surface area contributed by atoms with Crippen LogP contribution in [0.5, 0.6) is 5.75 Å². The molecular formula is C15H15NO6S2. The quantitative estimate of drug-likeness (QED) is 0.777. The molecule has 2 rings (SSSR count). The van der Waals surface area contributed by atoms with E-state index in [1.165, 1.54) is 18.6 Å². The Morgan fingerprint density at radius 1 is 1.17 bits per heavy atom. The summed E-state index contributed by atoms with van der Waals surface area (Å²) in [5.41, 5.74) is 0.547. The van der Waals surface area contributed by atoms with Crippen LogP contribution in [0.25, 0.3) is 0 Å². The highest BCUT2D eigenvalue weighted by Crippen LogP contribution is 2.23. The van der Waals surface area contributed by atoms with E-state index in [0.29, 0.717) is 11.3 Å². The van der Waals surface area contributed by atoms with Crippen LogP contribution in [0.3, 0.4) is 0 Å². The van der Waals surface area contributed by atoms with Crippen molar-refractivity contribution in [1.29, 1.82) is 0 Å². The van der Waals surface area contributed by atoms with Crippen LogP contribution < -0.4 is 9.46 Å². The van der Waals surface area contributed by atoms with Gasteiger partial charge in [0.05, 0.1) is 20.6 Å². The van der Waals surface area contributed by atoms with Crippen molar-refractivity contribution >= 4 is 33.2 Å². The van der Waals surface area contributed by atoms with Gasteiger partial charge in [-0.05, 0) is 17.5 Å². The zero-order chi connectivity index (χ0) is 17.7. The molecule has 7 nitrogen and oxygen atoms in total. The zero-order valence-corrected chi connectivity index (χ0v) is 14.6. The third kappa shape index (κ3) is 3.92. The van der Waals surface area contributed by atoms with E-state index in [9.17, 15) is 18.0 Å². The van der Waals surface area contributed by atoms with E-state index in [1.807, 2.05) is 4.72 Å². The molecule has 1 N–H and O–H groups in total. The van der Waals surface area contributed by atoms with E-state index in [4.69, 9.17) is 4.74 Å². The molecule has 0 aliphatic carbocycles. The summed E-state index contributed by atoms with van der Waals surface area (Å²) in [5, 5.41) is 1.44. The molecule has 0 saturated heterocycles. The van der Waals surface area contributed by atoms with Crippen molar-refractivity contribution in [3.8, 4) is 5.75 Å². The summed E-state index contributed by atoms with van der Waals surface area (Å²) in [6.45, 7) is 0. The molecule has 1 aromatic carbocycles.